The number of hydrogen-bond acceptors (Lipinski definition) is 6. The van der Waals surface area contributed by atoms with Crippen LogP contribution in [0.5, 0.6) is 0 Å². The summed E-state index contributed by atoms with van der Waals surface area (Å²) in [6.07, 6.45) is 0.744. The van der Waals surface area contributed by atoms with E-state index in [2.05, 4.69) is 4.98 Å². The highest BCUT2D eigenvalue weighted by Crippen LogP contribution is 2.21. The Kier molecular flexibility index (Phi) is 5.96. The quantitative estimate of drug-likeness (QED) is 0.577. The lowest BCUT2D eigenvalue weighted by Gasteiger charge is -2.09. The average Bonchev–Trinajstić information content (AvgIpc) is 2.36. The third kappa shape index (κ3) is 4.33. The molecule has 0 radical (unpaired) electrons. The van der Waals surface area contributed by atoms with Crippen LogP contribution in [0.4, 0.5) is 0 Å². The second-order valence-electron chi connectivity index (χ2n) is 3.22. The molecule has 0 aliphatic carbocycles. The average molecular weight is 257 g/mol. The Bertz CT molecular complexity index is 372. The van der Waals surface area contributed by atoms with Gasteiger partial charge >= 0.3 is 5.97 Å². The van der Waals surface area contributed by atoms with Crippen LogP contribution in [0.25, 0.3) is 0 Å². The van der Waals surface area contributed by atoms with Gasteiger partial charge in [-0.3, -0.25) is 0 Å². The zero-order valence-corrected chi connectivity index (χ0v) is 10.3. The fraction of sp³-hybridized carbons (Fsp3) is 0.455. The number of aromatic nitrogens is 1. The Hall–Kier alpha value is -1.11. The number of carbonyl (C=O) groups excluding carboxylic acids is 1. The lowest BCUT2D eigenvalue weighted by Crippen LogP contribution is -2.15. The van der Waals surface area contributed by atoms with Gasteiger partial charge in [-0.15, -0.1) is 11.8 Å². The van der Waals surface area contributed by atoms with E-state index in [9.17, 15) is 9.90 Å². The lowest BCUT2D eigenvalue weighted by molar-refractivity contribution is 0.0521. The molecule has 94 valence electrons. The van der Waals surface area contributed by atoms with Crippen LogP contribution in [-0.2, 0) is 4.74 Å². The number of hydrogen-bond donors (Lipinski definition) is 2. The smallest absolute Gasteiger partial charge is 0.340 e. The van der Waals surface area contributed by atoms with E-state index in [0.717, 1.165) is 0 Å². The second-order valence-corrected chi connectivity index (χ2v) is 4.23. The Morgan fingerprint density at radius 1 is 1.65 bits per heavy atom. The number of ether oxygens (including phenoxy) is 1. The van der Waals surface area contributed by atoms with Crippen molar-refractivity contribution in [1.82, 2.24) is 4.98 Å². The van der Waals surface area contributed by atoms with Gasteiger partial charge in [0.05, 0.1) is 24.9 Å². The number of aliphatic hydroxyl groups excluding tert-OH is 2. The Morgan fingerprint density at radius 3 is 3.06 bits per heavy atom. The predicted octanol–water partition coefficient (Wildman–Crippen LogP) is 0.704. The van der Waals surface area contributed by atoms with Gasteiger partial charge in [-0.2, -0.15) is 0 Å². The Morgan fingerprint density at radius 2 is 2.41 bits per heavy atom. The van der Waals surface area contributed by atoms with Crippen LogP contribution >= 0.6 is 11.8 Å². The van der Waals surface area contributed by atoms with Crippen LogP contribution in [-0.4, -0.2) is 46.2 Å². The van der Waals surface area contributed by atoms with E-state index in [0.29, 0.717) is 17.2 Å². The third-order valence-electron chi connectivity index (χ3n) is 1.89. The van der Waals surface area contributed by atoms with Gasteiger partial charge in [0, 0.05) is 11.9 Å². The van der Waals surface area contributed by atoms with Gasteiger partial charge in [-0.05, 0) is 19.1 Å². The summed E-state index contributed by atoms with van der Waals surface area (Å²) in [4.78, 5) is 15.6. The zero-order chi connectivity index (χ0) is 12.7. The van der Waals surface area contributed by atoms with Gasteiger partial charge in [-0.1, -0.05) is 0 Å². The molecule has 0 aliphatic heterocycles. The fourth-order valence-corrected chi connectivity index (χ4v) is 2.00. The standard InChI is InChI=1S/C11H15NO4S/c1-2-16-11(15)9-4-3-5-12-10(9)17-7-8(14)6-13/h3-5,8,13-14H,2,6-7H2,1H3. The van der Waals surface area contributed by atoms with Crippen molar-refractivity contribution < 1.29 is 19.7 Å². The molecule has 1 unspecified atom stereocenters. The van der Waals surface area contributed by atoms with Crippen molar-refractivity contribution in [2.75, 3.05) is 19.0 Å². The van der Waals surface area contributed by atoms with Crippen molar-refractivity contribution in [3.8, 4) is 0 Å². The predicted molar refractivity (Wildman–Crippen MR) is 64.0 cm³/mol. The Balaban J connectivity index is 2.74. The number of thioether (sulfide) groups is 1. The molecule has 0 bridgehead atoms. The number of aliphatic hydroxyl groups is 2. The molecule has 6 heteroatoms. The van der Waals surface area contributed by atoms with Crippen molar-refractivity contribution >= 4 is 17.7 Å². The van der Waals surface area contributed by atoms with E-state index in [1.54, 1.807) is 25.3 Å². The highest BCUT2D eigenvalue weighted by molar-refractivity contribution is 7.99. The van der Waals surface area contributed by atoms with Gasteiger partial charge in [0.25, 0.3) is 0 Å². The molecule has 0 saturated carbocycles. The first-order valence-electron chi connectivity index (χ1n) is 5.22. The minimum absolute atomic E-state index is 0.278. The van der Waals surface area contributed by atoms with E-state index in [1.807, 2.05) is 0 Å². The first-order chi connectivity index (χ1) is 8.19. The van der Waals surface area contributed by atoms with E-state index in [4.69, 9.17) is 9.84 Å². The molecule has 0 saturated heterocycles. The van der Waals surface area contributed by atoms with Crippen LogP contribution < -0.4 is 0 Å². The maximum atomic E-state index is 11.6. The molecule has 0 amide bonds. The molecular weight excluding hydrogens is 242 g/mol. The van der Waals surface area contributed by atoms with Crippen molar-refractivity contribution in [3.63, 3.8) is 0 Å². The molecule has 0 aromatic carbocycles. The highest BCUT2D eigenvalue weighted by Gasteiger charge is 2.14. The first kappa shape index (κ1) is 14.0. The van der Waals surface area contributed by atoms with E-state index >= 15 is 0 Å². The van der Waals surface area contributed by atoms with Crippen molar-refractivity contribution in [1.29, 1.82) is 0 Å². The van der Waals surface area contributed by atoms with Crippen LogP contribution in [0.1, 0.15) is 17.3 Å². The second kappa shape index (κ2) is 7.26. The van der Waals surface area contributed by atoms with E-state index in [-0.39, 0.29) is 12.4 Å². The van der Waals surface area contributed by atoms with Crippen LogP contribution in [0.15, 0.2) is 23.4 Å². The molecule has 5 nitrogen and oxygen atoms in total. The van der Waals surface area contributed by atoms with Crippen LogP contribution in [0.3, 0.4) is 0 Å². The largest absolute Gasteiger partial charge is 0.462 e. The van der Waals surface area contributed by atoms with Crippen LogP contribution in [0.2, 0.25) is 0 Å². The molecule has 2 N–H and O–H groups in total. The molecule has 1 aromatic rings. The zero-order valence-electron chi connectivity index (χ0n) is 9.50. The van der Waals surface area contributed by atoms with Gasteiger partial charge in [0.2, 0.25) is 0 Å². The topological polar surface area (TPSA) is 79.7 Å². The summed E-state index contributed by atoms with van der Waals surface area (Å²) in [7, 11) is 0. The number of pyridine rings is 1. The van der Waals surface area contributed by atoms with Crippen LogP contribution in [0, 0.1) is 0 Å². The maximum Gasteiger partial charge on any atom is 0.340 e. The highest BCUT2D eigenvalue weighted by atomic mass is 32.2. The number of esters is 1. The van der Waals surface area contributed by atoms with Crippen molar-refractivity contribution in [2.45, 2.75) is 18.1 Å². The molecular formula is C11H15NO4S. The summed E-state index contributed by atoms with van der Waals surface area (Å²) in [5.41, 5.74) is 0.379. The van der Waals surface area contributed by atoms with Gasteiger partial charge in [0.15, 0.2) is 0 Å². The number of rotatable bonds is 6. The summed E-state index contributed by atoms with van der Waals surface area (Å²) < 4.78 is 4.90. The number of nitrogens with zero attached hydrogens (tertiary/aromatic N) is 1. The number of carbonyl (C=O) groups is 1. The van der Waals surface area contributed by atoms with Gasteiger partial charge < -0.3 is 14.9 Å². The molecule has 1 rings (SSSR count). The van der Waals surface area contributed by atoms with Gasteiger partial charge in [-0.25, -0.2) is 9.78 Å². The fourth-order valence-electron chi connectivity index (χ4n) is 1.10. The summed E-state index contributed by atoms with van der Waals surface area (Å²) in [6, 6.07) is 3.28. The SMILES string of the molecule is CCOC(=O)c1cccnc1SCC(O)CO. The first-order valence-corrected chi connectivity index (χ1v) is 6.21. The molecule has 1 atom stereocenters. The monoisotopic (exact) mass is 257 g/mol. The Labute approximate surface area is 104 Å². The minimum atomic E-state index is -0.822. The summed E-state index contributed by atoms with van der Waals surface area (Å²) in [5, 5.41) is 18.4. The maximum absolute atomic E-state index is 11.6. The molecule has 1 aromatic heterocycles. The van der Waals surface area contributed by atoms with Crippen molar-refractivity contribution in [3.05, 3.63) is 23.9 Å². The molecule has 0 fully saturated rings. The van der Waals surface area contributed by atoms with E-state index < -0.39 is 12.1 Å². The van der Waals surface area contributed by atoms with Gasteiger partial charge in [0.1, 0.15) is 5.03 Å². The van der Waals surface area contributed by atoms with E-state index in [1.165, 1.54) is 11.8 Å². The molecule has 17 heavy (non-hydrogen) atoms. The normalized spacial score (nSPS) is 12.2. The molecule has 0 aliphatic rings. The summed E-state index contributed by atoms with van der Waals surface area (Å²) >= 11 is 1.21. The molecule has 0 spiro atoms. The minimum Gasteiger partial charge on any atom is -0.462 e. The lowest BCUT2D eigenvalue weighted by atomic mass is 10.3. The van der Waals surface area contributed by atoms with Crippen molar-refractivity contribution in [2.24, 2.45) is 0 Å². The molecule has 1 heterocycles. The summed E-state index contributed by atoms with van der Waals surface area (Å²) in [6.45, 7) is 1.72. The third-order valence-corrected chi connectivity index (χ3v) is 3.04. The summed E-state index contributed by atoms with van der Waals surface area (Å²) in [5.74, 6) is -0.151.